The topological polar surface area (TPSA) is 40.2 Å². The van der Waals surface area contributed by atoms with Crippen LogP contribution < -0.4 is 0 Å². The van der Waals surface area contributed by atoms with Crippen molar-refractivity contribution in [3.8, 4) is 0 Å². The third-order valence-corrected chi connectivity index (χ3v) is 0.731. The van der Waals surface area contributed by atoms with E-state index in [1.54, 1.807) is 0 Å². The molecule has 41 valence electrons. The van der Waals surface area contributed by atoms with Gasteiger partial charge in [0, 0.05) is 14.0 Å². The summed E-state index contributed by atoms with van der Waals surface area (Å²) in [6.07, 6.45) is 0. The maximum absolute atomic E-state index is 10.1. The summed E-state index contributed by atoms with van der Waals surface area (Å²) in [5, 5.41) is 9.78. The Balaban J connectivity index is 3.34. The zero-order valence-corrected chi connectivity index (χ0v) is 4.47. The summed E-state index contributed by atoms with van der Waals surface area (Å²) in [6, 6.07) is 0. The van der Waals surface area contributed by atoms with Crippen molar-refractivity contribution in [1.82, 2.24) is 4.90 Å². The highest BCUT2D eigenvalue weighted by Gasteiger charge is 1.96. The second-order valence-corrected chi connectivity index (χ2v) is 1.35. The maximum atomic E-state index is 10.1. The molecule has 3 nitrogen and oxygen atoms in total. The number of carbonyl (C=O) groups excluding carboxylic acids is 1. The Hall–Kier alpha value is -0.570. The largest absolute Gasteiger partial charge is 0.320 e. The lowest BCUT2D eigenvalue weighted by molar-refractivity contribution is -0.132. The van der Waals surface area contributed by atoms with E-state index in [2.05, 4.69) is 0 Å². The van der Waals surface area contributed by atoms with Crippen molar-refractivity contribution >= 4 is 5.91 Å². The number of amides is 1. The molecule has 3 heteroatoms. The predicted molar refractivity (Wildman–Crippen MR) is 24.0 cm³/mol. The molecular weight excluding hydrogens is 94.0 g/mol. The zero-order valence-electron chi connectivity index (χ0n) is 4.47. The van der Waals surface area contributed by atoms with Crippen LogP contribution in [0.3, 0.4) is 0 Å². The van der Waals surface area contributed by atoms with E-state index in [1.165, 1.54) is 14.0 Å². The molecule has 0 rings (SSSR count). The molecule has 0 bridgehead atoms. The number of hydrogen-bond donors (Lipinski definition) is 0. The van der Waals surface area contributed by atoms with Crippen molar-refractivity contribution in [3.63, 3.8) is 0 Å². The van der Waals surface area contributed by atoms with Gasteiger partial charge >= 0.3 is 0 Å². The zero-order chi connectivity index (χ0) is 5.86. The summed E-state index contributed by atoms with van der Waals surface area (Å²) in [5.74, 6) is -0.185. The van der Waals surface area contributed by atoms with Crippen LogP contribution in [0.5, 0.6) is 0 Å². The summed E-state index contributed by atoms with van der Waals surface area (Å²) in [6.45, 7) is 0.910. The Labute approximate surface area is 42.5 Å². The molecule has 0 fully saturated rings. The van der Waals surface area contributed by atoms with Crippen LogP contribution in [0.4, 0.5) is 0 Å². The van der Waals surface area contributed by atoms with Crippen LogP contribution in [0.15, 0.2) is 0 Å². The van der Waals surface area contributed by atoms with Crippen molar-refractivity contribution in [2.45, 2.75) is 6.92 Å². The molecule has 0 aliphatic carbocycles. The lowest BCUT2D eigenvalue weighted by Gasteiger charge is -2.06. The molecule has 0 N–H and O–H groups in total. The highest BCUT2D eigenvalue weighted by molar-refractivity contribution is 5.72. The molecule has 0 aliphatic heterocycles. The van der Waals surface area contributed by atoms with Crippen molar-refractivity contribution in [2.75, 3.05) is 13.8 Å². The van der Waals surface area contributed by atoms with Crippen LogP contribution in [0.1, 0.15) is 6.92 Å². The molecule has 7 heavy (non-hydrogen) atoms. The first kappa shape index (κ1) is 6.43. The minimum atomic E-state index is -0.449. The van der Waals surface area contributed by atoms with Gasteiger partial charge in [-0.25, -0.2) is 5.11 Å². The van der Waals surface area contributed by atoms with Crippen molar-refractivity contribution in [2.24, 2.45) is 0 Å². The molecule has 0 heterocycles. The summed E-state index contributed by atoms with van der Waals surface area (Å²) < 4.78 is 0. The molecular formula is C4H8NO2. The van der Waals surface area contributed by atoms with E-state index in [1.807, 2.05) is 0 Å². The molecule has 0 aromatic rings. The first-order chi connectivity index (χ1) is 3.18. The average Bonchev–Trinajstić information content (AvgIpc) is 1.65. The minimum absolute atomic E-state index is 0.185. The van der Waals surface area contributed by atoms with Gasteiger partial charge in [0.05, 0.1) is 0 Å². The van der Waals surface area contributed by atoms with Gasteiger partial charge in [0.25, 0.3) is 0 Å². The van der Waals surface area contributed by atoms with Gasteiger partial charge < -0.3 is 4.90 Å². The first-order valence-electron chi connectivity index (χ1n) is 1.98. The van der Waals surface area contributed by atoms with E-state index < -0.39 is 6.73 Å². The first-order valence-corrected chi connectivity index (χ1v) is 1.98. The van der Waals surface area contributed by atoms with E-state index >= 15 is 0 Å². The van der Waals surface area contributed by atoms with Crippen LogP contribution in [0, 0.1) is 0 Å². The van der Waals surface area contributed by atoms with Gasteiger partial charge in [-0.2, -0.15) is 0 Å². The smallest absolute Gasteiger partial charge is 0.221 e. The third kappa shape index (κ3) is 2.17. The standard InChI is InChI=1S/C4H8NO2/c1-4(7)5(2)3-6/h3H2,1-2H3. The van der Waals surface area contributed by atoms with Crippen LogP contribution in [-0.2, 0) is 9.90 Å². The van der Waals surface area contributed by atoms with E-state index in [9.17, 15) is 9.90 Å². The summed E-state index contributed by atoms with van der Waals surface area (Å²) in [7, 11) is 1.47. The number of rotatable bonds is 1. The molecule has 1 radical (unpaired) electrons. The molecule has 1 amide bonds. The van der Waals surface area contributed by atoms with Gasteiger partial charge in [-0.3, -0.25) is 4.79 Å². The number of hydrogen-bond acceptors (Lipinski definition) is 1. The number of carbonyl (C=O) groups is 1. The van der Waals surface area contributed by atoms with Crippen molar-refractivity contribution in [3.05, 3.63) is 0 Å². The van der Waals surface area contributed by atoms with Gasteiger partial charge in [0.15, 0.2) is 6.73 Å². The monoisotopic (exact) mass is 102 g/mol. The lowest BCUT2D eigenvalue weighted by atomic mass is 10.6. The fourth-order valence-corrected chi connectivity index (χ4v) is 0.0909. The normalized spacial score (nSPS) is 8.43. The molecule has 0 unspecified atom stereocenters. The summed E-state index contributed by atoms with van der Waals surface area (Å²) in [5.41, 5.74) is 0. The van der Waals surface area contributed by atoms with E-state index in [0.29, 0.717) is 0 Å². The molecule has 0 spiro atoms. The molecule has 0 saturated heterocycles. The SMILES string of the molecule is CC(=O)N(C)C[O]. The van der Waals surface area contributed by atoms with Crippen LogP contribution in [0.25, 0.3) is 0 Å². The van der Waals surface area contributed by atoms with Gasteiger partial charge in [-0.1, -0.05) is 0 Å². The Morgan fingerprint density at radius 2 is 2.14 bits per heavy atom. The average molecular weight is 102 g/mol. The van der Waals surface area contributed by atoms with Crippen LogP contribution in [0.2, 0.25) is 0 Å². The Morgan fingerprint density at radius 1 is 1.71 bits per heavy atom. The summed E-state index contributed by atoms with van der Waals surface area (Å²) >= 11 is 0. The van der Waals surface area contributed by atoms with Gasteiger partial charge in [-0.05, 0) is 0 Å². The van der Waals surface area contributed by atoms with E-state index in [0.717, 1.165) is 4.90 Å². The van der Waals surface area contributed by atoms with Crippen molar-refractivity contribution in [1.29, 1.82) is 0 Å². The fourth-order valence-electron chi connectivity index (χ4n) is 0.0909. The minimum Gasteiger partial charge on any atom is -0.320 e. The Bertz CT molecular complexity index is 72.1. The van der Waals surface area contributed by atoms with Gasteiger partial charge in [0.1, 0.15) is 0 Å². The van der Waals surface area contributed by atoms with Gasteiger partial charge in [0.2, 0.25) is 5.91 Å². The molecule has 0 aromatic carbocycles. The summed E-state index contributed by atoms with van der Waals surface area (Å²) in [4.78, 5) is 11.2. The molecule has 0 atom stereocenters. The Kier molecular flexibility index (Phi) is 2.37. The molecule has 0 aromatic heterocycles. The third-order valence-electron chi connectivity index (χ3n) is 0.731. The van der Waals surface area contributed by atoms with Crippen molar-refractivity contribution < 1.29 is 9.90 Å². The quantitative estimate of drug-likeness (QED) is 0.424. The van der Waals surface area contributed by atoms with Crippen LogP contribution in [-0.4, -0.2) is 24.6 Å². The Morgan fingerprint density at radius 3 is 2.14 bits per heavy atom. The maximum Gasteiger partial charge on any atom is 0.221 e. The highest BCUT2D eigenvalue weighted by Crippen LogP contribution is 1.76. The number of nitrogens with zero attached hydrogens (tertiary/aromatic N) is 1. The van der Waals surface area contributed by atoms with E-state index in [-0.39, 0.29) is 5.91 Å². The molecule has 0 aliphatic rings. The van der Waals surface area contributed by atoms with E-state index in [4.69, 9.17) is 0 Å². The van der Waals surface area contributed by atoms with Gasteiger partial charge in [-0.15, -0.1) is 0 Å². The lowest BCUT2D eigenvalue weighted by Crippen LogP contribution is -2.23. The molecule has 0 saturated carbocycles. The second kappa shape index (κ2) is 2.58. The predicted octanol–water partition coefficient (Wildman–Crippen LogP) is -0.147. The highest BCUT2D eigenvalue weighted by atomic mass is 16.3. The fraction of sp³-hybridized carbons (Fsp3) is 0.750. The van der Waals surface area contributed by atoms with Crippen LogP contribution >= 0.6 is 0 Å². The second-order valence-electron chi connectivity index (χ2n) is 1.35.